The highest BCUT2D eigenvalue weighted by molar-refractivity contribution is 5.72. The van der Waals surface area contributed by atoms with Crippen molar-refractivity contribution in [3.63, 3.8) is 0 Å². The standard InChI is InChI=1S/C11H11F5N2O2/c1-20-8(19)3-7-6(10(12)13)2-5(4-17)9(18-7)11(14,15)16/h2,10H,3-4,17H2,1H3. The number of pyridine rings is 1. The van der Waals surface area contributed by atoms with E-state index in [2.05, 4.69) is 9.72 Å². The van der Waals surface area contributed by atoms with Crippen LogP contribution in [0, 0.1) is 0 Å². The second-order valence-corrected chi connectivity index (χ2v) is 3.79. The Hall–Kier alpha value is -1.77. The lowest BCUT2D eigenvalue weighted by molar-refractivity contribution is -0.143. The van der Waals surface area contributed by atoms with Gasteiger partial charge in [0.2, 0.25) is 0 Å². The van der Waals surface area contributed by atoms with E-state index in [-0.39, 0.29) is 0 Å². The molecule has 0 radical (unpaired) electrons. The average molecular weight is 298 g/mol. The Morgan fingerprint density at radius 3 is 2.45 bits per heavy atom. The molecule has 0 saturated heterocycles. The molecular formula is C11H11F5N2O2. The molecule has 0 fully saturated rings. The van der Waals surface area contributed by atoms with Crippen LogP contribution in [0.2, 0.25) is 0 Å². The molecule has 0 aromatic carbocycles. The number of hydrogen-bond acceptors (Lipinski definition) is 4. The van der Waals surface area contributed by atoms with E-state index in [1.165, 1.54) is 0 Å². The van der Waals surface area contributed by atoms with Crippen LogP contribution < -0.4 is 5.73 Å². The van der Waals surface area contributed by atoms with Crippen molar-refractivity contribution in [3.8, 4) is 0 Å². The summed E-state index contributed by atoms with van der Waals surface area (Å²) in [6.45, 7) is -0.597. The molecule has 0 aliphatic heterocycles. The van der Waals surface area contributed by atoms with E-state index in [4.69, 9.17) is 5.73 Å². The summed E-state index contributed by atoms with van der Waals surface area (Å²) < 4.78 is 68.1. The van der Waals surface area contributed by atoms with Gasteiger partial charge in [0.25, 0.3) is 6.43 Å². The predicted molar refractivity (Wildman–Crippen MR) is 57.8 cm³/mol. The van der Waals surface area contributed by atoms with Crippen LogP contribution in [-0.4, -0.2) is 18.1 Å². The summed E-state index contributed by atoms with van der Waals surface area (Å²) in [6, 6.07) is 0.624. The SMILES string of the molecule is COC(=O)Cc1nc(C(F)(F)F)c(CN)cc1C(F)F. The molecule has 0 amide bonds. The minimum atomic E-state index is -4.85. The Morgan fingerprint density at radius 2 is 2.05 bits per heavy atom. The van der Waals surface area contributed by atoms with Gasteiger partial charge in [-0.2, -0.15) is 13.2 Å². The first-order valence-electron chi connectivity index (χ1n) is 5.35. The van der Waals surface area contributed by atoms with E-state index in [9.17, 15) is 26.7 Å². The summed E-state index contributed by atoms with van der Waals surface area (Å²) in [5.74, 6) is -0.965. The van der Waals surface area contributed by atoms with Crippen molar-refractivity contribution in [2.24, 2.45) is 5.73 Å². The van der Waals surface area contributed by atoms with Crippen molar-refractivity contribution in [2.75, 3.05) is 7.11 Å². The van der Waals surface area contributed by atoms with Crippen molar-refractivity contribution >= 4 is 5.97 Å². The molecule has 1 rings (SSSR count). The minimum Gasteiger partial charge on any atom is -0.469 e. The fourth-order valence-corrected chi connectivity index (χ4v) is 1.55. The van der Waals surface area contributed by atoms with Gasteiger partial charge in [-0.15, -0.1) is 0 Å². The number of halogens is 5. The second-order valence-electron chi connectivity index (χ2n) is 3.79. The molecule has 1 heterocycles. The third kappa shape index (κ3) is 3.62. The number of nitrogens with zero attached hydrogens (tertiary/aromatic N) is 1. The van der Waals surface area contributed by atoms with Crippen LogP contribution in [0.25, 0.3) is 0 Å². The van der Waals surface area contributed by atoms with Crippen LogP contribution in [0.1, 0.15) is 28.9 Å². The first kappa shape index (κ1) is 16.3. The zero-order valence-corrected chi connectivity index (χ0v) is 10.3. The summed E-state index contributed by atoms with van der Waals surface area (Å²) in [7, 11) is 0.989. The lowest BCUT2D eigenvalue weighted by Crippen LogP contribution is -2.19. The summed E-state index contributed by atoms with van der Waals surface area (Å²) in [6.07, 6.45) is -8.70. The maximum atomic E-state index is 12.8. The van der Waals surface area contributed by atoms with Crippen molar-refractivity contribution in [3.05, 3.63) is 28.6 Å². The fourth-order valence-electron chi connectivity index (χ4n) is 1.55. The number of carbonyl (C=O) groups excluding carboxylic acids is 1. The number of ether oxygens (including phenoxy) is 1. The molecule has 1 aromatic heterocycles. The molecule has 4 nitrogen and oxygen atoms in total. The van der Waals surface area contributed by atoms with Crippen molar-refractivity contribution < 1.29 is 31.5 Å². The van der Waals surface area contributed by atoms with Crippen LogP contribution in [0.5, 0.6) is 0 Å². The third-order valence-corrected chi connectivity index (χ3v) is 2.48. The highest BCUT2D eigenvalue weighted by Crippen LogP contribution is 2.33. The van der Waals surface area contributed by atoms with Gasteiger partial charge in [0.1, 0.15) is 5.69 Å². The number of alkyl halides is 5. The first-order valence-corrected chi connectivity index (χ1v) is 5.35. The minimum absolute atomic E-state index is 0.554. The van der Waals surface area contributed by atoms with Gasteiger partial charge in [0, 0.05) is 12.1 Å². The smallest absolute Gasteiger partial charge is 0.433 e. The number of esters is 1. The quantitative estimate of drug-likeness (QED) is 0.683. The van der Waals surface area contributed by atoms with E-state index in [0.29, 0.717) is 6.07 Å². The van der Waals surface area contributed by atoms with E-state index in [1.807, 2.05) is 0 Å². The van der Waals surface area contributed by atoms with Gasteiger partial charge >= 0.3 is 12.1 Å². The molecule has 0 atom stereocenters. The van der Waals surface area contributed by atoms with Gasteiger partial charge in [0.15, 0.2) is 0 Å². The molecule has 0 saturated carbocycles. The molecule has 0 unspecified atom stereocenters. The van der Waals surface area contributed by atoms with Gasteiger partial charge in [0.05, 0.1) is 19.2 Å². The third-order valence-electron chi connectivity index (χ3n) is 2.48. The molecule has 0 aliphatic carbocycles. The molecular weight excluding hydrogens is 287 g/mol. The Bertz CT molecular complexity index is 502. The molecule has 0 bridgehead atoms. The molecule has 2 N–H and O–H groups in total. The first-order chi connectivity index (χ1) is 9.20. The second kappa shape index (κ2) is 6.12. The van der Waals surface area contributed by atoms with Gasteiger partial charge in [-0.3, -0.25) is 4.79 Å². The Morgan fingerprint density at radius 1 is 1.45 bits per heavy atom. The van der Waals surface area contributed by atoms with Gasteiger partial charge in [-0.25, -0.2) is 13.8 Å². The monoisotopic (exact) mass is 298 g/mol. The molecule has 0 spiro atoms. The molecule has 1 aromatic rings. The van der Waals surface area contributed by atoms with Crippen LogP contribution >= 0.6 is 0 Å². The molecule has 0 aliphatic rings. The maximum Gasteiger partial charge on any atom is 0.433 e. The van der Waals surface area contributed by atoms with Crippen LogP contribution in [0.15, 0.2) is 6.07 Å². The number of rotatable bonds is 4. The van der Waals surface area contributed by atoms with Crippen LogP contribution in [-0.2, 0) is 28.7 Å². The zero-order valence-electron chi connectivity index (χ0n) is 10.3. The van der Waals surface area contributed by atoms with E-state index >= 15 is 0 Å². The Kier molecular flexibility index (Phi) is 4.98. The van der Waals surface area contributed by atoms with E-state index < -0.39 is 54.1 Å². The normalized spacial score (nSPS) is 11.8. The van der Waals surface area contributed by atoms with Gasteiger partial charge < -0.3 is 10.5 Å². The fraction of sp³-hybridized carbons (Fsp3) is 0.455. The number of hydrogen-bond donors (Lipinski definition) is 1. The van der Waals surface area contributed by atoms with Crippen molar-refractivity contribution in [1.29, 1.82) is 0 Å². The van der Waals surface area contributed by atoms with Gasteiger partial charge in [-0.05, 0) is 11.6 Å². The van der Waals surface area contributed by atoms with E-state index in [1.54, 1.807) is 0 Å². The highest BCUT2D eigenvalue weighted by Gasteiger charge is 2.36. The number of aromatic nitrogens is 1. The highest BCUT2D eigenvalue weighted by atomic mass is 19.4. The molecule has 20 heavy (non-hydrogen) atoms. The summed E-state index contributed by atoms with van der Waals surface area (Å²) in [5.41, 5.74) is 1.76. The largest absolute Gasteiger partial charge is 0.469 e. The maximum absolute atomic E-state index is 12.8. The lowest BCUT2D eigenvalue weighted by Gasteiger charge is -2.15. The summed E-state index contributed by atoms with van der Waals surface area (Å²) in [5, 5.41) is 0. The lowest BCUT2D eigenvalue weighted by atomic mass is 10.1. The topological polar surface area (TPSA) is 65.2 Å². The number of methoxy groups -OCH3 is 1. The van der Waals surface area contributed by atoms with Crippen LogP contribution in [0.3, 0.4) is 0 Å². The van der Waals surface area contributed by atoms with E-state index in [0.717, 1.165) is 7.11 Å². The molecule has 112 valence electrons. The molecule has 9 heteroatoms. The summed E-state index contributed by atoms with van der Waals surface area (Å²) in [4.78, 5) is 14.2. The summed E-state index contributed by atoms with van der Waals surface area (Å²) >= 11 is 0. The Balaban J connectivity index is 3.42. The zero-order chi connectivity index (χ0) is 15.5. The van der Waals surface area contributed by atoms with Crippen molar-refractivity contribution in [1.82, 2.24) is 4.98 Å². The van der Waals surface area contributed by atoms with Crippen LogP contribution in [0.4, 0.5) is 22.0 Å². The average Bonchev–Trinajstić information content (AvgIpc) is 2.36. The number of carbonyl (C=O) groups is 1. The number of nitrogens with two attached hydrogens (primary N) is 1. The predicted octanol–water partition coefficient (Wildman–Crippen LogP) is 2.21. The Labute approximate surface area is 110 Å². The van der Waals surface area contributed by atoms with Gasteiger partial charge in [-0.1, -0.05) is 0 Å². The van der Waals surface area contributed by atoms with Crippen molar-refractivity contribution in [2.45, 2.75) is 25.6 Å².